The number of halogens is 1. The van der Waals surface area contributed by atoms with Crippen molar-refractivity contribution >= 4 is 21.9 Å². The van der Waals surface area contributed by atoms with Gasteiger partial charge in [0, 0.05) is 4.47 Å². The second kappa shape index (κ2) is 5.31. The topological polar surface area (TPSA) is 37.3 Å². The van der Waals surface area contributed by atoms with Crippen LogP contribution in [-0.2, 0) is 11.2 Å². The summed E-state index contributed by atoms with van der Waals surface area (Å²) in [7, 11) is 0. The Hall–Kier alpha value is -0.830. The van der Waals surface area contributed by atoms with Crippen LogP contribution in [0.3, 0.4) is 0 Å². The van der Waals surface area contributed by atoms with Gasteiger partial charge in [-0.05, 0) is 35.6 Å². The third kappa shape index (κ3) is 3.67. The molecule has 0 fully saturated rings. The molecule has 82 valence electrons. The summed E-state index contributed by atoms with van der Waals surface area (Å²) in [5.74, 6) is -0.689. The molecule has 0 saturated carbocycles. The average Bonchev–Trinajstić information content (AvgIpc) is 2.15. The summed E-state index contributed by atoms with van der Waals surface area (Å²) >= 11 is 3.44. The van der Waals surface area contributed by atoms with E-state index in [-0.39, 0.29) is 12.3 Å². The number of hydrogen-bond donors (Lipinski definition) is 1. The molecular formula is C12H15BrO2. The van der Waals surface area contributed by atoms with Gasteiger partial charge in [0.2, 0.25) is 0 Å². The predicted molar refractivity (Wildman–Crippen MR) is 64.2 cm³/mol. The summed E-state index contributed by atoms with van der Waals surface area (Å²) in [4.78, 5) is 10.6. The van der Waals surface area contributed by atoms with E-state index in [1.165, 1.54) is 5.56 Å². The molecule has 15 heavy (non-hydrogen) atoms. The van der Waals surface area contributed by atoms with Crippen molar-refractivity contribution in [3.8, 4) is 0 Å². The lowest BCUT2D eigenvalue weighted by atomic mass is 9.96. The Bertz CT molecular complexity index is 361. The lowest BCUT2D eigenvalue weighted by molar-refractivity contribution is -0.137. The number of carboxylic acid groups (broad SMARTS) is 1. The third-order valence-electron chi connectivity index (χ3n) is 2.44. The second-order valence-corrected chi connectivity index (χ2v) is 4.66. The number of benzene rings is 1. The maximum absolute atomic E-state index is 10.6. The number of aryl methyl sites for hydroxylation is 1. The molecule has 1 atom stereocenters. The fraction of sp³-hybridized carbons (Fsp3) is 0.417. The Morgan fingerprint density at radius 1 is 1.47 bits per heavy atom. The van der Waals surface area contributed by atoms with Gasteiger partial charge in [-0.1, -0.05) is 35.8 Å². The molecule has 1 rings (SSSR count). The van der Waals surface area contributed by atoms with Gasteiger partial charge in [0.1, 0.15) is 0 Å². The predicted octanol–water partition coefficient (Wildman–Crippen LogP) is 3.59. The summed E-state index contributed by atoms with van der Waals surface area (Å²) in [6.45, 7) is 4.03. The van der Waals surface area contributed by atoms with Gasteiger partial charge in [0.05, 0.1) is 6.42 Å². The van der Waals surface area contributed by atoms with Crippen LogP contribution < -0.4 is 0 Å². The minimum absolute atomic E-state index is 0.0605. The van der Waals surface area contributed by atoms with E-state index < -0.39 is 5.97 Å². The van der Waals surface area contributed by atoms with Gasteiger partial charge in [-0.2, -0.15) is 0 Å². The van der Waals surface area contributed by atoms with Crippen LogP contribution in [0.25, 0.3) is 0 Å². The lowest BCUT2D eigenvalue weighted by Gasteiger charge is -2.11. The Balaban J connectivity index is 2.92. The Labute approximate surface area is 98.4 Å². The van der Waals surface area contributed by atoms with Gasteiger partial charge < -0.3 is 5.11 Å². The highest BCUT2D eigenvalue weighted by Gasteiger charge is 2.11. The van der Waals surface area contributed by atoms with Gasteiger partial charge >= 0.3 is 5.97 Å². The first-order chi connectivity index (χ1) is 7.02. The van der Waals surface area contributed by atoms with Crippen molar-refractivity contribution in [2.24, 2.45) is 0 Å². The molecule has 0 aliphatic rings. The number of hydrogen-bond acceptors (Lipinski definition) is 1. The maximum Gasteiger partial charge on any atom is 0.303 e. The van der Waals surface area contributed by atoms with E-state index in [1.807, 2.05) is 13.0 Å². The summed E-state index contributed by atoms with van der Waals surface area (Å²) in [5, 5.41) is 8.73. The highest BCUT2D eigenvalue weighted by atomic mass is 79.9. The van der Waals surface area contributed by atoms with Crippen LogP contribution in [-0.4, -0.2) is 11.1 Å². The van der Waals surface area contributed by atoms with Crippen LogP contribution in [0.5, 0.6) is 0 Å². The number of carbonyl (C=O) groups is 1. The molecule has 1 N–H and O–H groups in total. The van der Waals surface area contributed by atoms with E-state index in [0.717, 1.165) is 16.5 Å². The van der Waals surface area contributed by atoms with Crippen LogP contribution in [0.4, 0.5) is 0 Å². The SMILES string of the molecule is CCc1cc(Br)cc(C(C)CC(=O)O)c1. The van der Waals surface area contributed by atoms with Crippen LogP contribution in [0, 0.1) is 0 Å². The molecule has 0 heterocycles. The highest BCUT2D eigenvalue weighted by molar-refractivity contribution is 9.10. The number of rotatable bonds is 4. The molecule has 0 aliphatic carbocycles. The van der Waals surface area contributed by atoms with Crippen LogP contribution in [0.15, 0.2) is 22.7 Å². The summed E-state index contributed by atoms with van der Waals surface area (Å²) < 4.78 is 1.02. The molecule has 2 nitrogen and oxygen atoms in total. The van der Waals surface area contributed by atoms with Crippen molar-refractivity contribution in [3.05, 3.63) is 33.8 Å². The molecule has 0 aromatic heterocycles. The molecule has 1 unspecified atom stereocenters. The van der Waals surface area contributed by atoms with E-state index in [1.54, 1.807) is 0 Å². The zero-order chi connectivity index (χ0) is 11.4. The molecule has 1 aromatic carbocycles. The normalized spacial score (nSPS) is 12.5. The van der Waals surface area contributed by atoms with Crippen molar-refractivity contribution < 1.29 is 9.90 Å². The van der Waals surface area contributed by atoms with Gasteiger partial charge in [-0.25, -0.2) is 0 Å². The second-order valence-electron chi connectivity index (χ2n) is 3.75. The molecule has 0 radical (unpaired) electrons. The summed E-state index contributed by atoms with van der Waals surface area (Å²) in [6.07, 6.45) is 1.14. The van der Waals surface area contributed by atoms with E-state index in [9.17, 15) is 4.79 Å². The monoisotopic (exact) mass is 270 g/mol. The third-order valence-corrected chi connectivity index (χ3v) is 2.90. The van der Waals surface area contributed by atoms with Gasteiger partial charge in [-0.15, -0.1) is 0 Å². The smallest absolute Gasteiger partial charge is 0.303 e. The Morgan fingerprint density at radius 3 is 2.67 bits per heavy atom. The first kappa shape index (κ1) is 12.2. The minimum atomic E-state index is -0.750. The van der Waals surface area contributed by atoms with E-state index in [2.05, 4.69) is 35.0 Å². The molecule has 0 amide bonds. The van der Waals surface area contributed by atoms with Gasteiger partial charge in [-0.3, -0.25) is 4.79 Å². The van der Waals surface area contributed by atoms with Crippen LogP contribution in [0.2, 0.25) is 0 Å². The van der Waals surface area contributed by atoms with Crippen molar-refractivity contribution in [3.63, 3.8) is 0 Å². The molecule has 0 spiro atoms. The van der Waals surface area contributed by atoms with Crippen LogP contribution in [0.1, 0.15) is 37.3 Å². The number of aliphatic carboxylic acids is 1. The lowest BCUT2D eigenvalue weighted by Crippen LogP contribution is -2.03. The highest BCUT2D eigenvalue weighted by Crippen LogP contribution is 2.24. The van der Waals surface area contributed by atoms with Crippen molar-refractivity contribution in [1.29, 1.82) is 0 Å². The molecule has 0 aliphatic heterocycles. The minimum Gasteiger partial charge on any atom is -0.481 e. The fourth-order valence-electron chi connectivity index (χ4n) is 1.54. The Kier molecular flexibility index (Phi) is 4.33. The largest absolute Gasteiger partial charge is 0.481 e. The van der Waals surface area contributed by atoms with Crippen molar-refractivity contribution in [2.75, 3.05) is 0 Å². The van der Waals surface area contributed by atoms with Gasteiger partial charge in [0.15, 0.2) is 0 Å². The van der Waals surface area contributed by atoms with Crippen LogP contribution >= 0.6 is 15.9 Å². The van der Waals surface area contributed by atoms with E-state index in [0.29, 0.717) is 0 Å². The Morgan fingerprint density at radius 2 is 2.13 bits per heavy atom. The quantitative estimate of drug-likeness (QED) is 0.908. The van der Waals surface area contributed by atoms with Gasteiger partial charge in [0.25, 0.3) is 0 Å². The standard InChI is InChI=1S/C12H15BrO2/c1-3-9-5-10(7-11(13)6-9)8(2)4-12(14)15/h5-8H,3-4H2,1-2H3,(H,14,15). The first-order valence-electron chi connectivity index (χ1n) is 5.04. The maximum atomic E-state index is 10.6. The molecule has 1 aromatic rings. The molecule has 3 heteroatoms. The van der Waals surface area contributed by atoms with E-state index >= 15 is 0 Å². The molecule has 0 saturated heterocycles. The zero-order valence-corrected chi connectivity index (χ0v) is 10.5. The van der Waals surface area contributed by atoms with E-state index in [4.69, 9.17) is 5.11 Å². The zero-order valence-electron chi connectivity index (χ0n) is 8.96. The molecular weight excluding hydrogens is 256 g/mol. The summed E-state index contributed by atoms with van der Waals surface area (Å²) in [5.41, 5.74) is 2.32. The number of carboxylic acids is 1. The van der Waals surface area contributed by atoms with Crippen molar-refractivity contribution in [1.82, 2.24) is 0 Å². The average molecular weight is 271 g/mol. The molecule has 0 bridgehead atoms. The fourth-order valence-corrected chi connectivity index (χ4v) is 2.10. The summed E-state index contributed by atoms with van der Waals surface area (Å²) in [6, 6.07) is 6.14. The van der Waals surface area contributed by atoms with Crippen molar-refractivity contribution in [2.45, 2.75) is 32.6 Å². The first-order valence-corrected chi connectivity index (χ1v) is 5.83.